The van der Waals surface area contributed by atoms with Gasteiger partial charge < -0.3 is 5.32 Å². The van der Waals surface area contributed by atoms with E-state index in [-0.39, 0.29) is 5.54 Å². The van der Waals surface area contributed by atoms with E-state index in [0.717, 1.165) is 35.7 Å². The van der Waals surface area contributed by atoms with Gasteiger partial charge in [0.1, 0.15) is 0 Å². The molecule has 1 aromatic carbocycles. The zero-order valence-electron chi connectivity index (χ0n) is 10.3. The second-order valence-corrected chi connectivity index (χ2v) is 6.44. The molecular weight excluding hydrogens is 300 g/mol. The highest BCUT2D eigenvalue weighted by atomic mass is 79.9. The third-order valence-electron chi connectivity index (χ3n) is 3.34. The first-order chi connectivity index (χ1) is 7.99. The molecule has 0 atom stereocenters. The number of piperazine rings is 1. The van der Waals surface area contributed by atoms with Crippen molar-refractivity contribution in [3.05, 3.63) is 33.3 Å². The second-order valence-electron chi connectivity index (χ2n) is 5.15. The fourth-order valence-electron chi connectivity index (χ4n) is 2.19. The van der Waals surface area contributed by atoms with E-state index in [4.69, 9.17) is 11.6 Å². The largest absolute Gasteiger partial charge is 0.314 e. The van der Waals surface area contributed by atoms with Crippen LogP contribution in [0.15, 0.2) is 22.7 Å². The Bertz CT molecular complexity index is 406. The molecule has 1 N–H and O–H groups in total. The fraction of sp³-hybridized carbons (Fsp3) is 0.538. The molecule has 1 aliphatic rings. The van der Waals surface area contributed by atoms with Crippen LogP contribution in [0.25, 0.3) is 0 Å². The van der Waals surface area contributed by atoms with Crippen LogP contribution in [-0.4, -0.2) is 30.1 Å². The van der Waals surface area contributed by atoms with E-state index < -0.39 is 0 Å². The molecule has 1 aliphatic heterocycles. The van der Waals surface area contributed by atoms with E-state index in [0.29, 0.717) is 0 Å². The number of halogens is 2. The van der Waals surface area contributed by atoms with Crippen LogP contribution in [0.4, 0.5) is 0 Å². The predicted octanol–water partition coefficient (Wildman–Crippen LogP) is 3.29. The summed E-state index contributed by atoms with van der Waals surface area (Å²) in [6.07, 6.45) is 0. The molecule has 1 heterocycles. The number of hydrogen-bond donors (Lipinski definition) is 1. The molecule has 0 radical (unpaired) electrons. The Labute approximate surface area is 116 Å². The minimum atomic E-state index is 0.194. The van der Waals surface area contributed by atoms with Gasteiger partial charge in [-0.2, -0.15) is 0 Å². The van der Waals surface area contributed by atoms with Crippen LogP contribution in [0.3, 0.4) is 0 Å². The van der Waals surface area contributed by atoms with Gasteiger partial charge in [-0.3, -0.25) is 4.90 Å². The molecule has 1 saturated heterocycles. The Kier molecular flexibility index (Phi) is 4.14. The third kappa shape index (κ3) is 3.22. The van der Waals surface area contributed by atoms with Crippen LogP contribution in [0.2, 0.25) is 5.02 Å². The predicted molar refractivity (Wildman–Crippen MR) is 76.5 cm³/mol. The first-order valence-electron chi connectivity index (χ1n) is 5.89. The van der Waals surface area contributed by atoms with Crippen molar-refractivity contribution in [3.63, 3.8) is 0 Å². The van der Waals surface area contributed by atoms with Crippen molar-refractivity contribution >= 4 is 27.5 Å². The molecule has 4 heteroatoms. The summed E-state index contributed by atoms with van der Waals surface area (Å²) in [6.45, 7) is 8.66. The first kappa shape index (κ1) is 13.3. The zero-order chi connectivity index (χ0) is 12.5. The fourth-order valence-corrected chi connectivity index (χ4v) is 2.75. The highest BCUT2D eigenvalue weighted by molar-refractivity contribution is 9.10. The number of benzene rings is 1. The maximum atomic E-state index is 6.05. The Balaban J connectivity index is 2.16. The Morgan fingerprint density at radius 1 is 1.47 bits per heavy atom. The van der Waals surface area contributed by atoms with E-state index >= 15 is 0 Å². The van der Waals surface area contributed by atoms with Crippen molar-refractivity contribution in [2.45, 2.75) is 25.9 Å². The number of hydrogen-bond acceptors (Lipinski definition) is 2. The average Bonchev–Trinajstić information content (AvgIpc) is 2.26. The van der Waals surface area contributed by atoms with Gasteiger partial charge in [-0.15, -0.1) is 0 Å². The van der Waals surface area contributed by atoms with Gasteiger partial charge in [0, 0.05) is 41.2 Å². The number of nitrogens with zero attached hydrogens (tertiary/aromatic N) is 1. The molecule has 94 valence electrons. The summed E-state index contributed by atoms with van der Waals surface area (Å²) >= 11 is 9.65. The van der Waals surface area contributed by atoms with Crippen molar-refractivity contribution < 1.29 is 0 Å². The second kappa shape index (κ2) is 5.27. The molecule has 0 bridgehead atoms. The first-order valence-corrected chi connectivity index (χ1v) is 7.06. The van der Waals surface area contributed by atoms with Gasteiger partial charge in [0.2, 0.25) is 0 Å². The summed E-state index contributed by atoms with van der Waals surface area (Å²) in [4.78, 5) is 2.50. The van der Waals surface area contributed by atoms with Gasteiger partial charge in [-0.1, -0.05) is 27.5 Å². The van der Waals surface area contributed by atoms with Crippen molar-refractivity contribution in [2.24, 2.45) is 0 Å². The number of nitrogens with one attached hydrogen (secondary N) is 1. The van der Waals surface area contributed by atoms with Gasteiger partial charge >= 0.3 is 0 Å². The van der Waals surface area contributed by atoms with Crippen LogP contribution >= 0.6 is 27.5 Å². The number of rotatable bonds is 2. The lowest BCUT2D eigenvalue weighted by Gasteiger charge is -2.43. The maximum absolute atomic E-state index is 6.05. The van der Waals surface area contributed by atoms with Gasteiger partial charge in [0.25, 0.3) is 0 Å². The van der Waals surface area contributed by atoms with Crippen LogP contribution < -0.4 is 5.32 Å². The lowest BCUT2D eigenvalue weighted by Crippen LogP contribution is -2.57. The van der Waals surface area contributed by atoms with Gasteiger partial charge in [-0.25, -0.2) is 0 Å². The summed E-state index contributed by atoms with van der Waals surface area (Å²) in [5.74, 6) is 0. The van der Waals surface area contributed by atoms with Crippen molar-refractivity contribution in [2.75, 3.05) is 19.6 Å². The normalized spacial score (nSPS) is 20.5. The summed E-state index contributed by atoms with van der Waals surface area (Å²) in [5, 5.41) is 4.24. The summed E-state index contributed by atoms with van der Waals surface area (Å²) in [7, 11) is 0. The molecule has 1 aromatic rings. The molecule has 0 spiro atoms. The van der Waals surface area contributed by atoms with Crippen molar-refractivity contribution in [1.82, 2.24) is 10.2 Å². The van der Waals surface area contributed by atoms with Crippen molar-refractivity contribution in [3.8, 4) is 0 Å². The lowest BCUT2D eigenvalue weighted by atomic mass is 9.99. The standard InChI is InChI=1S/C13H18BrClN2/c1-13(2)9-16-5-6-17(13)8-10-7-11(15)3-4-12(10)14/h3-4,7,16H,5-6,8-9H2,1-2H3. The zero-order valence-corrected chi connectivity index (χ0v) is 12.6. The Morgan fingerprint density at radius 3 is 2.94 bits per heavy atom. The molecular formula is C13H18BrClN2. The summed E-state index contributed by atoms with van der Waals surface area (Å²) in [5.41, 5.74) is 1.45. The van der Waals surface area contributed by atoms with E-state index in [1.165, 1.54) is 5.56 Å². The van der Waals surface area contributed by atoms with Crippen LogP contribution in [0.5, 0.6) is 0 Å². The van der Waals surface area contributed by atoms with E-state index in [1.54, 1.807) is 0 Å². The minimum absolute atomic E-state index is 0.194. The third-order valence-corrected chi connectivity index (χ3v) is 4.35. The Morgan fingerprint density at radius 2 is 2.24 bits per heavy atom. The molecule has 0 amide bonds. The van der Waals surface area contributed by atoms with Crippen LogP contribution in [0, 0.1) is 0 Å². The highest BCUT2D eigenvalue weighted by Gasteiger charge is 2.29. The smallest absolute Gasteiger partial charge is 0.0410 e. The lowest BCUT2D eigenvalue weighted by molar-refractivity contribution is 0.0825. The van der Waals surface area contributed by atoms with Crippen LogP contribution in [0.1, 0.15) is 19.4 Å². The summed E-state index contributed by atoms with van der Waals surface area (Å²) in [6, 6.07) is 5.98. The molecule has 0 aromatic heterocycles. The SMILES string of the molecule is CC1(C)CNCCN1Cc1cc(Cl)ccc1Br. The average molecular weight is 318 g/mol. The summed E-state index contributed by atoms with van der Waals surface area (Å²) < 4.78 is 1.14. The van der Waals surface area contributed by atoms with E-state index in [9.17, 15) is 0 Å². The maximum Gasteiger partial charge on any atom is 0.0410 e. The molecule has 1 fully saturated rings. The molecule has 0 aliphatic carbocycles. The molecule has 0 unspecified atom stereocenters. The van der Waals surface area contributed by atoms with E-state index in [1.807, 2.05) is 18.2 Å². The quantitative estimate of drug-likeness (QED) is 0.900. The molecule has 2 rings (SSSR count). The monoisotopic (exact) mass is 316 g/mol. The molecule has 17 heavy (non-hydrogen) atoms. The minimum Gasteiger partial charge on any atom is -0.314 e. The Hall–Kier alpha value is -0.0900. The molecule has 2 nitrogen and oxygen atoms in total. The highest BCUT2D eigenvalue weighted by Crippen LogP contribution is 2.26. The van der Waals surface area contributed by atoms with Crippen molar-refractivity contribution in [1.29, 1.82) is 0 Å². The van der Waals surface area contributed by atoms with Gasteiger partial charge in [0.05, 0.1) is 0 Å². The topological polar surface area (TPSA) is 15.3 Å². The molecule has 0 saturated carbocycles. The van der Waals surface area contributed by atoms with Gasteiger partial charge in [-0.05, 0) is 37.6 Å². The van der Waals surface area contributed by atoms with Gasteiger partial charge in [0.15, 0.2) is 0 Å². The van der Waals surface area contributed by atoms with E-state index in [2.05, 4.69) is 40.0 Å². The van der Waals surface area contributed by atoms with Crippen LogP contribution in [-0.2, 0) is 6.54 Å².